The minimum absolute atomic E-state index is 0.151. The van der Waals surface area contributed by atoms with Gasteiger partial charge in [0.25, 0.3) is 0 Å². The molecule has 0 radical (unpaired) electrons. The maximum Gasteiger partial charge on any atom is 0.407 e. The Morgan fingerprint density at radius 1 is 1.21 bits per heavy atom. The van der Waals surface area contributed by atoms with Gasteiger partial charge in [-0.2, -0.15) is 0 Å². The third-order valence-electron chi connectivity index (χ3n) is 3.36. The number of alkyl carbamates (subject to hydrolysis) is 1. The molecule has 0 spiro atoms. The third-order valence-corrected chi connectivity index (χ3v) is 3.36. The number of carbonyl (C=O) groups excluding carboxylic acids is 2. The highest BCUT2D eigenvalue weighted by molar-refractivity contribution is 5.92. The topological polar surface area (TPSA) is 93.4 Å². The first-order chi connectivity index (χ1) is 11.2. The Balaban J connectivity index is 2.47. The lowest BCUT2D eigenvalue weighted by Crippen LogP contribution is -2.42. The molecule has 0 fully saturated rings. The summed E-state index contributed by atoms with van der Waals surface area (Å²) >= 11 is 0. The quantitative estimate of drug-likeness (QED) is 0.680. The molecule has 0 saturated heterocycles. The van der Waals surface area contributed by atoms with Gasteiger partial charge >= 0.3 is 6.09 Å². The van der Waals surface area contributed by atoms with Gasteiger partial charge in [0.15, 0.2) is 0 Å². The molecule has 0 bridgehead atoms. The van der Waals surface area contributed by atoms with Crippen LogP contribution in [0.2, 0.25) is 0 Å². The van der Waals surface area contributed by atoms with E-state index in [0.717, 1.165) is 18.4 Å². The highest BCUT2D eigenvalue weighted by Gasteiger charge is 2.17. The molecule has 0 saturated carbocycles. The second kappa shape index (κ2) is 9.27. The number of carbonyl (C=O) groups is 2. The summed E-state index contributed by atoms with van der Waals surface area (Å²) in [6.45, 7) is 8.77. The van der Waals surface area contributed by atoms with Crippen LogP contribution in [0.25, 0.3) is 0 Å². The monoisotopic (exact) mass is 335 g/mol. The van der Waals surface area contributed by atoms with Gasteiger partial charge in [0.1, 0.15) is 5.60 Å². The number of hydrogen-bond donors (Lipinski definition) is 3. The summed E-state index contributed by atoms with van der Waals surface area (Å²) in [5.41, 5.74) is 6.28. The fourth-order valence-corrected chi connectivity index (χ4v) is 2.19. The average molecular weight is 335 g/mol. The van der Waals surface area contributed by atoms with Crippen LogP contribution in [-0.4, -0.2) is 30.2 Å². The zero-order valence-corrected chi connectivity index (χ0v) is 15.0. The van der Waals surface area contributed by atoms with E-state index in [2.05, 4.69) is 17.6 Å². The molecule has 0 aromatic heterocycles. The number of benzene rings is 1. The van der Waals surface area contributed by atoms with Crippen LogP contribution in [-0.2, 0) is 11.3 Å². The first-order valence-electron chi connectivity index (χ1n) is 8.30. The minimum Gasteiger partial charge on any atom is -0.444 e. The predicted molar refractivity (Wildman–Crippen MR) is 94.7 cm³/mol. The molecule has 0 heterocycles. The average Bonchev–Trinajstić information content (AvgIpc) is 2.48. The van der Waals surface area contributed by atoms with Gasteiger partial charge in [0.2, 0.25) is 5.91 Å². The van der Waals surface area contributed by atoms with Crippen molar-refractivity contribution < 1.29 is 14.3 Å². The molecule has 4 N–H and O–H groups in total. The molecule has 1 unspecified atom stereocenters. The first kappa shape index (κ1) is 20.0. The van der Waals surface area contributed by atoms with Crippen molar-refractivity contribution in [3.05, 3.63) is 35.4 Å². The summed E-state index contributed by atoms with van der Waals surface area (Å²) in [5, 5.41) is 6.22. The second-order valence-electron chi connectivity index (χ2n) is 6.81. The van der Waals surface area contributed by atoms with E-state index in [4.69, 9.17) is 10.5 Å². The van der Waals surface area contributed by atoms with Gasteiger partial charge in [0, 0.05) is 24.7 Å². The van der Waals surface area contributed by atoms with Gasteiger partial charge in [0.05, 0.1) is 0 Å². The van der Waals surface area contributed by atoms with Crippen LogP contribution in [0.5, 0.6) is 0 Å². The fourth-order valence-electron chi connectivity index (χ4n) is 2.19. The van der Waals surface area contributed by atoms with E-state index in [1.165, 1.54) is 0 Å². The lowest BCUT2D eigenvalue weighted by atomic mass is 10.1. The van der Waals surface area contributed by atoms with E-state index in [0.29, 0.717) is 18.7 Å². The van der Waals surface area contributed by atoms with Gasteiger partial charge in [-0.25, -0.2) is 4.79 Å². The molecule has 1 atom stereocenters. The van der Waals surface area contributed by atoms with Crippen molar-refractivity contribution >= 4 is 12.0 Å². The Labute approximate surface area is 144 Å². The summed E-state index contributed by atoms with van der Waals surface area (Å²) < 4.78 is 5.24. The Morgan fingerprint density at radius 3 is 2.33 bits per heavy atom. The molecule has 24 heavy (non-hydrogen) atoms. The summed E-state index contributed by atoms with van der Waals surface area (Å²) in [7, 11) is 0. The molecule has 0 aliphatic carbocycles. The predicted octanol–water partition coefficient (Wildman–Crippen LogP) is 2.57. The highest BCUT2D eigenvalue weighted by atomic mass is 16.6. The fraction of sp³-hybridized carbons (Fsp3) is 0.556. The van der Waals surface area contributed by atoms with Crippen molar-refractivity contribution in [1.29, 1.82) is 0 Å². The smallest absolute Gasteiger partial charge is 0.407 e. The van der Waals surface area contributed by atoms with Crippen LogP contribution in [0, 0.1) is 0 Å². The molecule has 0 aliphatic rings. The molecule has 6 nitrogen and oxygen atoms in total. The van der Waals surface area contributed by atoms with E-state index < -0.39 is 17.6 Å². The van der Waals surface area contributed by atoms with Crippen LogP contribution in [0.15, 0.2) is 24.3 Å². The number of rotatable bonds is 8. The third kappa shape index (κ3) is 7.97. The standard InChI is InChI=1S/C18H29N3O3/c1-5-6-15(12-21-17(23)24-18(2,3)4)20-11-13-7-9-14(10-8-13)16(19)22/h7-10,15,20H,5-6,11-12H2,1-4H3,(H2,19,22)(H,21,23). The number of hydrogen-bond acceptors (Lipinski definition) is 4. The van der Waals surface area contributed by atoms with E-state index in [1.807, 2.05) is 32.9 Å². The zero-order valence-electron chi connectivity index (χ0n) is 15.0. The Bertz CT molecular complexity index is 535. The van der Waals surface area contributed by atoms with Crippen LogP contribution < -0.4 is 16.4 Å². The minimum atomic E-state index is -0.500. The highest BCUT2D eigenvalue weighted by Crippen LogP contribution is 2.07. The number of primary amides is 1. The Morgan fingerprint density at radius 2 is 1.83 bits per heavy atom. The molecule has 6 heteroatoms. The van der Waals surface area contributed by atoms with Crippen LogP contribution in [0.1, 0.15) is 56.5 Å². The number of amides is 2. The van der Waals surface area contributed by atoms with Crippen molar-refractivity contribution in [1.82, 2.24) is 10.6 Å². The summed E-state index contributed by atoms with van der Waals surface area (Å²) in [4.78, 5) is 22.8. The van der Waals surface area contributed by atoms with Crippen LogP contribution in [0.4, 0.5) is 4.79 Å². The number of nitrogens with one attached hydrogen (secondary N) is 2. The first-order valence-corrected chi connectivity index (χ1v) is 8.30. The number of nitrogens with two attached hydrogens (primary N) is 1. The molecule has 1 aromatic rings. The SMILES string of the molecule is CCCC(CNC(=O)OC(C)(C)C)NCc1ccc(C(N)=O)cc1. The maximum atomic E-state index is 11.7. The molecule has 1 aromatic carbocycles. The van der Waals surface area contributed by atoms with Crippen molar-refractivity contribution in [2.45, 2.75) is 58.7 Å². The molecular formula is C18H29N3O3. The molecule has 1 rings (SSSR count). The Kier molecular flexibility index (Phi) is 7.71. The molecular weight excluding hydrogens is 306 g/mol. The molecule has 134 valence electrons. The van der Waals surface area contributed by atoms with Gasteiger partial charge < -0.3 is 21.1 Å². The van der Waals surface area contributed by atoms with Gasteiger partial charge in [-0.05, 0) is 44.9 Å². The summed E-state index contributed by atoms with van der Waals surface area (Å²) in [6.07, 6.45) is 1.54. The summed E-state index contributed by atoms with van der Waals surface area (Å²) in [5.74, 6) is -0.431. The van der Waals surface area contributed by atoms with Crippen molar-refractivity contribution in [2.75, 3.05) is 6.54 Å². The summed E-state index contributed by atoms with van der Waals surface area (Å²) in [6, 6.07) is 7.33. The maximum absolute atomic E-state index is 11.7. The number of ether oxygens (including phenoxy) is 1. The van der Waals surface area contributed by atoms with Gasteiger partial charge in [-0.1, -0.05) is 25.5 Å². The molecule has 0 aliphatic heterocycles. The Hall–Kier alpha value is -2.08. The van der Waals surface area contributed by atoms with Crippen molar-refractivity contribution in [3.63, 3.8) is 0 Å². The normalized spacial score (nSPS) is 12.5. The second-order valence-corrected chi connectivity index (χ2v) is 6.81. The van der Waals surface area contributed by atoms with E-state index in [9.17, 15) is 9.59 Å². The van der Waals surface area contributed by atoms with Crippen LogP contribution >= 0.6 is 0 Å². The molecule has 2 amide bonds. The zero-order chi connectivity index (χ0) is 18.2. The van der Waals surface area contributed by atoms with E-state index >= 15 is 0 Å². The van der Waals surface area contributed by atoms with Crippen LogP contribution in [0.3, 0.4) is 0 Å². The van der Waals surface area contributed by atoms with E-state index in [-0.39, 0.29) is 6.04 Å². The lowest BCUT2D eigenvalue weighted by molar-refractivity contribution is 0.0521. The van der Waals surface area contributed by atoms with Crippen molar-refractivity contribution in [3.8, 4) is 0 Å². The van der Waals surface area contributed by atoms with E-state index in [1.54, 1.807) is 12.1 Å². The van der Waals surface area contributed by atoms with Crippen molar-refractivity contribution in [2.24, 2.45) is 5.73 Å². The van der Waals surface area contributed by atoms with Gasteiger partial charge in [-0.3, -0.25) is 4.79 Å². The van der Waals surface area contributed by atoms with Gasteiger partial charge in [-0.15, -0.1) is 0 Å². The lowest BCUT2D eigenvalue weighted by Gasteiger charge is -2.22. The largest absolute Gasteiger partial charge is 0.444 e.